The van der Waals surface area contributed by atoms with Crippen molar-refractivity contribution < 1.29 is 24.3 Å². The number of carbonyl (C=O) groups excluding carboxylic acids is 3. The summed E-state index contributed by atoms with van der Waals surface area (Å²) >= 11 is 1.46. The number of carboxylic acid groups (broad SMARTS) is 1. The number of aliphatic imine (C=N–C) groups is 1. The normalized spacial score (nSPS) is 14.0. The van der Waals surface area contributed by atoms with Crippen molar-refractivity contribution >= 4 is 52.3 Å². The van der Waals surface area contributed by atoms with E-state index in [1.54, 1.807) is 6.20 Å². The molecule has 1 aromatic carbocycles. The Morgan fingerprint density at radius 3 is 2.38 bits per heavy atom. The summed E-state index contributed by atoms with van der Waals surface area (Å²) in [6.07, 6.45) is 4.71. The van der Waals surface area contributed by atoms with Crippen LogP contribution < -0.4 is 33.2 Å². The van der Waals surface area contributed by atoms with Gasteiger partial charge in [0.25, 0.3) is 0 Å². The van der Waals surface area contributed by atoms with Gasteiger partial charge in [-0.2, -0.15) is 11.8 Å². The number of rotatable bonds is 16. The summed E-state index contributed by atoms with van der Waals surface area (Å²) in [6, 6.07) is 3.42. The first-order valence-corrected chi connectivity index (χ1v) is 13.9. The highest BCUT2D eigenvalue weighted by atomic mass is 32.2. The Bertz CT molecular complexity index is 1170. The molecular formula is C25H38N8O5S. The molecule has 2 aromatic rings. The number of aliphatic carboxylic acids is 1. The molecule has 0 radical (unpaired) electrons. The number of guanidine groups is 1. The van der Waals surface area contributed by atoms with Crippen LogP contribution in [0.15, 0.2) is 35.5 Å². The van der Waals surface area contributed by atoms with Gasteiger partial charge in [0.1, 0.15) is 18.1 Å². The molecule has 4 unspecified atom stereocenters. The van der Waals surface area contributed by atoms with E-state index in [1.807, 2.05) is 30.5 Å². The van der Waals surface area contributed by atoms with Gasteiger partial charge >= 0.3 is 5.97 Å². The maximum atomic E-state index is 13.3. The van der Waals surface area contributed by atoms with E-state index in [0.29, 0.717) is 18.7 Å². The minimum Gasteiger partial charge on any atom is -0.480 e. The molecule has 13 nitrogen and oxygen atoms in total. The number of benzene rings is 1. The summed E-state index contributed by atoms with van der Waals surface area (Å²) in [6.45, 7) is 1.75. The number of amides is 3. The van der Waals surface area contributed by atoms with E-state index in [0.717, 1.165) is 16.5 Å². The predicted octanol–water partition coefficient (Wildman–Crippen LogP) is -0.597. The Kier molecular flexibility index (Phi) is 12.6. The number of thioether (sulfide) groups is 1. The van der Waals surface area contributed by atoms with Crippen LogP contribution >= 0.6 is 11.8 Å². The maximum Gasteiger partial charge on any atom is 0.326 e. The lowest BCUT2D eigenvalue weighted by Gasteiger charge is -2.23. The van der Waals surface area contributed by atoms with Crippen molar-refractivity contribution in [2.75, 3.05) is 18.6 Å². The number of hydrogen-bond donors (Lipinski definition) is 8. The van der Waals surface area contributed by atoms with Crippen molar-refractivity contribution in [3.8, 4) is 0 Å². The molecule has 0 aliphatic carbocycles. The quantitative estimate of drug-likeness (QED) is 0.0740. The van der Waals surface area contributed by atoms with E-state index in [2.05, 4.69) is 25.9 Å². The van der Waals surface area contributed by atoms with Gasteiger partial charge in [-0.25, -0.2) is 4.79 Å². The summed E-state index contributed by atoms with van der Waals surface area (Å²) in [5, 5.41) is 18.0. The molecule has 0 aliphatic rings. The van der Waals surface area contributed by atoms with Crippen molar-refractivity contribution in [2.45, 2.75) is 56.8 Å². The molecule has 1 aromatic heterocycles. The zero-order chi connectivity index (χ0) is 28.9. The largest absolute Gasteiger partial charge is 0.480 e. The summed E-state index contributed by atoms with van der Waals surface area (Å²) in [5.41, 5.74) is 18.3. The fraction of sp³-hybridized carbons (Fsp3) is 0.480. The molecule has 0 aliphatic heterocycles. The smallest absolute Gasteiger partial charge is 0.326 e. The number of nitrogens with zero attached hydrogens (tertiary/aromatic N) is 1. The molecule has 4 atom stereocenters. The highest BCUT2D eigenvalue weighted by Gasteiger charge is 2.29. The summed E-state index contributed by atoms with van der Waals surface area (Å²) < 4.78 is 0. The Balaban J connectivity index is 2.13. The summed E-state index contributed by atoms with van der Waals surface area (Å²) in [4.78, 5) is 57.3. The van der Waals surface area contributed by atoms with Crippen molar-refractivity contribution in [3.63, 3.8) is 0 Å². The van der Waals surface area contributed by atoms with E-state index in [-0.39, 0.29) is 25.2 Å². The van der Waals surface area contributed by atoms with Gasteiger partial charge in [-0.1, -0.05) is 18.2 Å². The number of hydrogen-bond acceptors (Lipinski definition) is 7. The molecule has 0 bridgehead atoms. The molecule has 11 N–H and O–H groups in total. The molecule has 2 rings (SSSR count). The lowest BCUT2D eigenvalue weighted by atomic mass is 10.0. The van der Waals surface area contributed by atoms with Gasteiger partial charge in [0.2, 0.25) is 17.7 Å². The van der Waals surface area contributed by atoms with Crippen molar-refractivity contribution in [1.82, 2.24) is 20.9 Å². The molecule has 3 amide bonds. The first-order chi connectivity index (χ1) is 18.5. The second kappa shape index (κ2) is 15.6. The van der Waals surface area contributed by atoms with Crippen LogP contribution in [0, 0.1) is 0 Å². The Morgan fingerprint density at radius 1 is 1.03 bits per heavy atom. The van der Waals surface area contributed by atoms with Crippen LogP contribution in [0.4, 0.5) is 0 Å². The number of nitrogens with two attached hydrogens (primary N) is 3. The van der Waals surface area contributed by atoms with E-state index in [4.69, 9.17) is 17.2 Å². The lowest BCUT2D eigenvalue weighted by molar-refractivity contribution is -0.142. The minimum atomic E-state index is -1.16. The Labute approximate surface area is 231 Å². The van der Waals surface area contributed by atoms with Gasteiger partial charge in [0, 0.05) is 30.1 Å². The molecule has 0 spiro atoms. The third kappa shape index (κ3) is 10.1. The second-order valence-corrected chi connectivity index (χ2v) is 10.1. The van der Waals surface area contributed by atoms with Gasteiger partial charge in [-0.15, -0.1) is 0 Å². The Morgan fingerprint density at radius 2 is 1.72 bits per heavy atom. The number of fused-ring (bicyclic) bond motifs is 1. The van der Waals surface area contributed by atoms with Gasteiger partial charge in [-0.05, 0) is 49.8 Å². The van der Waals surface area contributed by atoms with Crippen LogP contribution in [-0.4, -0.2) is 82.5 Å². The van der Waals surface area contributed by atoms with Crippen LogP contribution in [0.25, 0.3) is 10.9 Å². The van der Waals surface area contributed by atoms with E-state index in [1.165, 1.54) is 18.7 Å². The van der Waals surface area contributed by atoms with Crippen molar-refractivity contribution in [3.05, 3.63) is 36.0 Å². The zero-order valence-corrected chi connectivity index (χ0v) is 22.9. The van der Waals surface area contributed by atoms with Crippen molar-refractivity contribution in [1.29, 1.82) is 0 Å². The van der Waals surface area contributed by atoms with Crippen molar-refractivity contribution in [2.24, 2.45) is 22.2 Å². The number of aromatic amines is 1. The fourth-order valence-electron chi connectivity index (χ4n) is 3.83. The molecule has 1 heterocycles. The summed E-state index contributed by atoms with van der Waals surface area (Å²) in [7, 11) is 0. The van der Waals surface area contributed by atoms with E-state index in [9.17, 15) is 24.3 Å². The van der Waals surface area contributed by atoms with Gasteiger partial charge < -0.3 is 43.2 Å². The number of carboxylic acids is 1. The maximum absolute atomic E-state index is 13.3. The molecule has 14 heteroatoms. The molecule has 214 valence electrons. The zero-order valence-electron chi connectivity index (χ0n) is 22.1. The first kappa shape index (κ1) is 31.4. The van der Waals surface area contributed by atoms with Crippen LogP contribution in [0.1, 0.15) is 31.7 Å². The lowest BCUT2D eigenvalue weighted by Crippen LogP contribution is -2.56. The molecule has 0 fully saturated rings. The number of aromatic nitrogens is 1. The Hall–Kier alpha value is -3.78. The van der Waals surface area contributed by atoms with Gasteiger partial charge in [-0.3, -0.25) is 19.4 Å². The molecular weight excluding hydrogens is 524 g/mol. The van der Waals surface area contributed by atoms with E-state index >= 15 is 0 Å². The average Bonchev–Trinajstić information content (AvgIpc) is 3.30. The topological polar surface area (TPSA) is 231 Å². The predicted molar refractivity (Wildman–Crippen MR) is 152 cm³/mol. The van der Waals surface area contributed by atoms with Crippen LogP contribution in [0.3, 0.4) is 0 Å². The summed E-state index contributed by atoms with van der Waals surface area (Å²) in [5.74, 6) is -2.47. The standard InChI is InChI=1S/C25H38N8O5S/c1-14(21(34)32-19(24(37)38)9-11-39-2)31-23(36)20(12-15-13-30-18-8-4-3-6-16(15)18)33-22(35)17(26)7-5-10-29-25(27)28/h3-4,6,8,13-14,17,19-20,30H,5,7,9-12,26H2,1-2H3,(H,31,36)(H,32,34)(H,33,35)(H,37,38)(H4,27,28,29). The van der Waals surface area contributed by atoms with Gasteiger partial charge in [0.15, 0.2) is 5.96 Å². The first-order valence-electron chi connectivity index (χ1n) is 12.5. The van der Waals surface area contributed by atoms with Gasteiger partial charge in [0.05, 0.1) is 6.04 Å². The number of carbonyl (C=O) groups is 4. The number of nitrogens with one attached hydrogen (secondary N) is 4. The average molecular weight is 563 g/mol. The third-order valence-electron chi connectivity index (χ3n) is 6.01. The highest BCUT2D eigenvalue weighted by Crippen LogP contribution is 2.19. The fourth-order valence-corrected chi connectivity index (χ4v) is 4.30. The highest BCUT2D eigenvalue weighted by molar-refractivity contribution is 7.98. The molecule has 39 heavy (non-hydrogen) atoms. The SMILES string of the molecule is CSCCC(NC(=O)C(C)NC(=O)C(Cc1c[nH]c2ccccc12)NC(=O)C(N)CCCN=C(N)N)C(=O)O. The number of H-pyrrole nitrogens is 1. The van der Waals surface area contributed by atoms with Crippen LogP contribution in [0.2, 0.25) is 0 Å². The minimum absolute atomic E-state index is 0.0550. The molecule has 0 saturated heterocycles. The second-order valence-electron chi connectivity index (χ2n) is 9.09. The van der Waals surface area contributed by atoms with E-state index < -0.39 is 47.9 Å². The molecule has 0 saturated carbocycles. The van der Waals surface area contributed by atoms with Crippen LogP contribution in [-0.2, 0) is 25.6 Å². The number of para-hydroxylation sites is 1. The monoisotopic (exact) mass is 562 g/mol. The van der Waals surface area contributed by atoms with Crippen LogP contribution in [0.5, 0.6) is 0 Å². The third-order valence-corrected chi connectivity index (χ3v) is 6.66.